The molecular weight excluding hydrogens is 226 g/mol. The summed E-state index contributed by atoms with van der Waals surface area (Å²) in [7, 11) is 0. The van der Waals surface area contributed by atoms with Gasteiger partial charge in [0.05, 0.1) is 23.7 Å². The summed E-state index contributed by atoms with van der Waals surface area (Å²) >= 11 is 0. The number of aromatic nitrogens is 1. The highest BCUT2D eigenvalue weighted by atomic mass is 16.3. The van der Waals surface area contributed by atoms with E-state index in [0.717, 1.165) is 37.6 Å². The van der Waals surface area contributed by atoms with Crippen molar-refractivity contribution < 1.29 is 5.11 Å². The zero-order valence-electron chi connectivity index (χ0n) is 11.3. The second-order valence-electron chi connectivity index (χ2n) is 4.95. The molecule has 4 nitrogen and oxygen atoms in total. The molecule has 1 aliphatic rings. The molecule has 1 saturated heterocycles. The first-order chi connectivity index (χ1) is 8.70. The molecule has 0 bridgehead atoms. The summed E-state index contributed by atoms with van der Waals surface area (Å²) in [6.07, 6.45) is 2.61. The predicted molar refractivity (Wildman–Crippen MR) is 73.8 cm³/mol. The summed E-state index contributed by atoms with van der Waals surface area (Å²) < 4.78 is 0. The summed E-state index contributed by atoms with van der Waals surface area (Å²) in [4.78, 5) is 9.18. The van der Waals surface area contributed by atoms with Crippen LogP contribution in [0.4, 0.5) is 5.69 Å². The van der Waals surface area contributed by atoms with E-state index in [4.69, 9.17) is 0 Å². The number of hydrogen-bond donors (Lipinski definition) is 1. The maximum Gasteiger partial charge on any atom is 0.0931 e. The number of pyridine rings is 1. The van der Waals surface area contributed by atoms with Gasteiger partial charge in [-0.25, -0.2) is 0 Å². The van der Waals surface area contributed by atoms with Crippen molar-refractivity contribution in [3.05, 3.63) is 24.0 Å². The summed E-state index contributed by atoms with van der Waals surface area (Å²) in [5, 5.41) is 9.44. The lowest BCUT2D eigenvalue weighted by molar-refractivity contribution is 0.194. The van der Waals surface area contributed by atoms with Crippen LogP contribution in [0.25, 0.3) is 0 Å². The van der Waals surface area contributed by atoms with E-state index < -0.39 is 6.10 Å². The average Bonchev–Trinajstić information content (AvgIpc) is 2.40. The molecule has 1 aromatic heterocycles. The second kappa shape index (κ2) is 6.16. The molecule has 4 heteroatoms. The van der Waals surface area contributed by atoms with Crippen LogP contribution in [0.5, 0.6) is 0 Å². The second-order valence-corrected chi connectivity index (χ2v) is 4.95. The van der Waals surface area contributed by atoms with Crippen LogP contribution in [0.1, 0.15) is 32.1 Å². The van der Waals surface area contributed by atoms with Gasteiger partial charge in [0.1, 0.15) is 0 Å². The summed E-state index contributed by atoms with van der Waals surface area (Å²) in [6, 6.07) is 3.98. The summed E-state index contributed by atoms with van der Waals surface area (Å²) in [5.74, 6) is 0. The quantitative estimate of drug-likeness (QED) is 0.881. The van der Waals surface area contributed by atoms with Gasteiger partial charge < -0.3 is 10.0 Å². The molecule has 0 spiro atoms. The Bertz CT molecular complexity index is 356. The van der Waals surface area contributed by atoms with E-state index in [2.05, 4.69) is 27.8 Å². The normalized spacial score (nSPS) is 18.9. The first kappa shape index (κ1) is 13.3. The minimum Gasteiger partial charge on any atom is -0.387 e. The zero-order valence-corrected chi connectivity index (χ0v) is 11.3. The number of anilines is 1. The fourth-order valence-electron chi connectivity index (χ4n) is 2.38. The average molecular weight is 249 g/mol. The fourth-order valence-corrected chi connectivity index (χ4v) is 2.38. The number of rotatable bonds is 4. The van der Waals surface area contributed by atoms with Gasteiger partial charge in [0.15, 0.2) is 0 Å². The minimum absolute atomic E-state index is 0.486. The molecule has 1 aromatic rings. The molecule has 0 aromatic carbocycles. The van der Waals surface area contributed by atoms with Crippen molar-refractivity contribution in [1.29, 1.82) is 0 Å². The van der Waals surface area contributed by atoms with E-state index in [1.165, 1.54) is 13.0 Å². The molecule has 0 amide bonds. The van der Waals surface area contributed by atoms with E-state index in [9.17, 15) is 5.11 Å². The molecule has 1 aliphatic heterocycles. The minimum atomic E-state index is -0.486. The number of piperazine rings is 1. The molecule has 1 N–H and O–H groups in total. The Morgan fingerprint density at radius 3 is 2.50 bits per heavy atom. The molecule has 0 radical (unpaired) electrons. The Morgan fingerprint density at radius 1 is 1.28 bits per heavy atom. The largest absolute Gasteiger partial charge is 0.387 e. The Labute approximate surface area is 109 Å². The number of aliphatic hydroxyl groups excluding tert-OH is 1. The van der Waals surface area contributed by atoms with Gasteiger partial charge in [-0.3, -0.25) is 9.88 Å². The highest BCUT2D eigenvalue weighted by molar-refractivity contribution is 5.45. The van der Waals surface area contributed by atoms with Crippen LogP contribution in [0, 0.1) is 0 Å². The van der Waals surface area contributed by atoms with Crippen LogP contribution in [0.2, 0.25) is 0 Å². The summed E-state index contributed by atoms with van der Waals surface area (Å²) in [6.45, 7) is 9.56. The molecule has 1 atom stereocenters. The van der Waals surface area contributed by atoms with E-state index in [1.807, 2.05) is 12.3 Å². The summed E-state index contributed by atoms with van der Waals surface area (Å²) in [5.41, 5.74) is 1.90. The van der Waals surface area contributed by atoms with Crippen LogP contribution in [-0.2, 0) is 0 Å². The van der Waals surface area contributed by atoms with E-state index in [1.54, 1.807) is 6.92 Å². The third-order valence-electron chi connectivity index (χ3n) is 3.48. The van der Waals surface area contributed by atoms with E-state index in [-0.39, 0.29) is 0 Å². The third-order valence-corrected chi connectivity index (χ3v) is 3.48. The molecule has 2 heterocycles. The number of hydrogen-bond acceptors (Lipinski definition) is 4. The molecule has 0 aliphatic carbocycles. The maximum absolute atomic E-state index is 9.44. The van der Waals surface area contributed by atoms with Gasteiger partial charge in [-0.05, 0) is 32.0 Å². The van der Waals surface area contributed by atoms with Gasteiger partial charge in [0, 0.05) is 26.2 Å². The highest BCUT2D eigenvalue weighted by Gasteiger charge is 2.16. The lowest BCUT2D eigenvalue weighted by Crippen LogP contribution is -2.46. The van der Waals surface area contributed by atoms with Crippen LogP contribution in [-0.4, -0.2) is 47.7 Å². The Balaban J connectivity index is 1.93. The Hall–Kier alpha value is -1.13. The van der Waals surface area contributed by atoms with E-state index >= 15 is 0 Å². The Morgan fingerprint density at radius 2 is 2.00 bits per heavy atom. The molecule has 0 saturated carbocycles. The standard InChI is InChI=1S/C14H23N3O/c1-3-6-16-7-9-17(10-8-16)13-4-5-14(12(2)18)15-11-13/h4-5,11-12,18H,3,6-10H2,1-2H3. The molecule has 100 valence electrons. The lowest BCUT2D eigenvalue weighted by atomic mass is 10.2. The zero-order chi connectivity index (χ0) is 13.0. The smallest absolute Gasteiger partial charge is 0.0931 e. The lowest BCUT2D eigenvalue weighted by Gasteiger charge is -2.35. The van der Waals surface area contributed by atoms with Crippen LogP contribution >= 0.6 is 0 Å². The third kappa shape index (κ3) is 3.21. The van der Waals surface area contributed by atoms with Gasteiger partial charge in [-0.1, -0.05) is 6.92 Å². The monoisotopic (exact) mass is 249 g/mol. The SMILES string of the molecule is CCCN1CCN(c2ccc(C(C)O)nc2)CC1. The van der Waals surface area contributed by atoms with Crippen molar-refractivity contribution in [2.24, 2.45) is 0 Å². The van der Waals surface area contributed by atoms with Crippen molar-refractivity contribution in [3.63, 3.8) is 0 Å². The van der Waals surface area contributed by atoms with Crippen LogP contribution in [0.15, 0.2) is 18.3 Å². The molecule has 18 heavy (non-hydrogen) atoms. The molecule has 1 unspecified atom stereocenters. The topological polar surface area (TPSA) is 39.6 Å². The number of nitrogens with zero attached hydrogens (tertiary/aromatic N) is 3. The van der Waals surface area contributed by atoms with Gasteiger partial charge in [0.2, 0.25) is 0 Å². The van der Waals surface area contributed by atoms with Crippen molar-refractivity contribution in [2.75, 3.05) is 37.6 Å². The Kier molecular flexibility index (Phi) is 4.55. The molecule has 1 fully saturated rings. The van der Waals surface area contributed by atoms with Crippen molar-refractivity contribution >= 4 is 5.69 Å². The predicted octanol–water partition coefficient (Wildman–Crippen LogP) is 1.67. The van der Waals surface area contributed by atoms with Crippen molar-refractivity contribution in [1.82, 2.24) is 9.88 Å². The van der Waals surface area contributed by atoms with E-state index in [0.29, 0.717) is 0 Å². The van der Waals surface area contributed by atoms with Crippen molar-refractivity contribution in [2.45, 2.75) is 26.4 Å². The first-order valence-electron chi connectivity index (χ1n) is 6.82. The maximum atomic E-state index is 9.44. The first-order valence-corrected chi connectivity index (χ1v) is 6.82. The van der Waals surface area contributed by atoms with Gasteiger partial charge in [-0.2, -0.15) is 0 Å². The van der Waals surface area contributed by atoms with Crippen LogP contribution < -0.4 is 4.90 Å². The number of aliphatic hydroxyl groups is 1. The van der Waals surface area contributed by atoms with Gasteiger partial charge >= 0.3 is 0 Å². The van der Waals surface area contributed by atoms with Crippen molar-refractivity contribution in [3.8, 4) is 0 Å². The molecule has 2 rings (SSSR count). The highest BCUT2D eigenvalue weighted by Crippen LogP contribution is 2.17. The molecular formula is C14H23N3O. The van der Waals surface area contributed by atoms with Gasteiger partial charge in [-0.15, -0.1) is 0 Å². The van der Waals surface area contributed by atoms with Gasteiger partial charge in [0.25, 0.3) is 0 Å². The fraction of sp³-hybridized carbons (Fsp3) is 0.643. The van der Waals surface area contributed by atoms with Crippen LogP contribution in [0.3, 0.4) is 0 Å².